The Bertz CT molecular complexity index is 874. The van der Waals surface area contributed by atoms with Crippen molar-refractivity contribution < 1.29 is 9.18 Å². The number of para-hydroxylation sites is 1. The highest BCUT2D eigenvalue weighted by Gasteiger charge is 2.16. The normalized spacial score (nSPS) is 10.6. The SMILES string of the molecule is Cc1c(C(=O)NCc2ccc(Cl)cc2)cnn1-c1ccccc1F. The minimum atomic E-state index is -0.392. The topological polar surface area (TPSA) is 46.9 Å². The molecule has 0 atom stereocenters. The number of aromatic nitrogens is 2. The van der Waals surface area contributed by atoms with Crippen LogP contribution in [0.3, 0.4) is 0 Å². The highest BCUT2D eigenvalue weighted by Crippen LogP contribution is 2.17. The predicted molar refractivity (Wildman–Crippen MR) is 90.9 cm³/mol. The zero-order valence-electron chi connectivity index (χ0n) is 13.0. The molecule has 0 spiro atoms. The number of nitrogens with zero attached hydrogens (tertiary/aromatic N) is 2. The number of benzene rings is 2. The third-order valence-corrected chi connectivity index (χ3v) is 3.95. The lowest BCUT2D eigenvalue weighted by atomic mass is 10.2. The van der Waals surface area contributed by atoms with Crippen LogP contribution in [0.4, 0.5) is 4.39 Å². The van der Waals surface area contributed by atoms with Crippen LogP contribution in [0.5, 0.6) is 0 Å². The lowest BCUT2D eigenvalue weighted by Crippen LogP contribution is -2.23. The van der Waals surface area contributed by atoms with Gasteiger partial charge in [-0.25, -0.2) is 9.07 Å². The number of halogens is 2. The lowest BCUT2D eigenvalue weighted by molar-refractivity contribution is 0.0950. The zero-order valence-corrected chi connectivity index (χ0v) is 13.7. The van der Waals surface area contributed by atoms with E-state index in [2.05, 4.69) is 10.4 Å². The summed E-state index contributed by atoms with van der Waals surface area (Å²) in [4.78, 5) is 12.4. The molecule has 2 aromatic carbocycles. The Morgan fingerprint density at radius 2 is 1.92 bits per heavy atom. The summed E-state index contributed by atoms with van der Waals surface area (Å²) in [6, 6.07) is 13.5. The molecule has 1 aromatic heterocycles. The monoisotopic (exact) mass is 343 g/mol. The minimum absolute atomic E-state index is 0.259. The molecule has 122 valence electrons. The van der Waals surface area contributed by atoms with E-state index in [9.17, 15) is 9.18 Å². The maximum Gasteiger partial charge on any atom is 0.255 e. The van der Waals surface area contributed by atoms with E-state index in [1.807, 2.05) is 12.1 Å². The zero-order chi connectivity index (χ0) is 17.1. The van der Waals surface area contributed by atoms with Gasteiger partial charge in [0.15, 0.2) is 0 Å². The van der Waals surface area contributed by atoms with E-state index in [1.165, 1.54) is 16.9 Å². The smallest absolute Gasteiger partial charge is 0.255 e. The maximum absolute atomic E-state index is 13.9. The standard InChI is InChI=1S/C18H15ClFN3O/c1-12-15(11-22-23(12)17-5-3-2-4-16(17)20)18(24)21-10-13-6-8-14(19)9-7-13/h2-9,11H,10H2,1H3,(H,21,24). The Balaban J connectivity index is 1.77. The average molecular weight is 344 g/mol. The second-order valence-corrected chi connectivity index (χ2v) is 5.75. The molecule has 1 heterocycles. The van der Waals surface area contributed by atoms with Crippen molar-refractivity contribution in [2.24, 2.45) is 0 Å². The second kappa shape index (κ2) is 6.84. The number of rotatable bonds is 4. The third-order valence-electron chi connectivity index (χ3n) is 3.70. The van der Waals surface area contributed by atoms with Crippen LogP contribution in [0.25, 0.3) is 5.69 Å². The van der Waals surface area contributed by atoms with Crippen molar-refractivity contribution in [1.82, 2.24) is 15.1 Å². The van der Waals surface area contributed by atoms with Gasteiger partial charge in [0.05, 0.1) is 17.5 Å². The van der Waals surface area contributed by atoms with E-state index in [0.29, 0.717) is 28.5 Å². The number of hydrogen-bond donors (Lipinski definition) is 1. The van der Waals surface area contributed by atoms with E-state index in [0.717, 1.165) is 5.56 Å². The van der Waals surface area contributed by atoms with Crippen LogP contribution < -0.4 is 5.32 Å². The van der Waals surface area contributed by atoms with Gasteiger partial charge in [0.1, 0.15) is 11.5 Å². The predicted octanol–water partition coefficient (Wildman–Crippen LogP) is 3.90. The van der Waals surface area contributed by atoms with E-state index >= 15 is 0 Å². The first-order valence-electron chi connectivity index (χ1n) is 7.38. The van der Waals surface area contributed by atoms with E-state index < -0.39 is 5.82 Å². The van der Waals surface area contributed by atoms with Gasteiger partial charge in [0.2, 0.25) is 0 Å². The Morgan fingerprint density at radius 3 is 2.62 bits per heavy atom. The van der Waals surface area contributed by atoms with Crippen LogP contribution in [0, 0.1) is 12.7 Å². The van der Waals surface area contributed by atoms with Crippen LogP contribution in [0.15, 0.2) is 54.7 Å². The highest BCUT2D eigenvalue weighted by molar-refractivity contribution is 6.30. The Labute approximate surface area is 143 Å². The quantitative estimate of drug-likeness (QED) is 0.781. The van der Waals surface area contributed by atoms with Gasteiger partial charge in [-0.05, 0) is 36.8 Å². The lowest BCUT2D eigenvalue weighted by Gasteiger charge is -2.07. The molecule has 3 aromatic rings. The third kappa shape index (κ3) is 3.31. The molecule has 0 saturated heterocycles. The van der Waals surface area contributed by atoms with E-state index in [-0.39, 0.29) is 5.91 Å². The molecule has 0 aliphatic heterocycles. The summed E-state index contributed by atoms with van der Waals surface area (Å²) >= 11 is 5.84. The summed E-state index contributed by atoms with van der Waals surface area (Å²) in [6.45, 7) is 2.11. The maximum atomic E-state index is 13.9. The van der Waals surface area contributed by atoms with Crippen molar-refractivity contribution in [3.63, 3.8) is 0 Å². The average Bonchev–Trinajstić information content (AvgIpc) is 2.96. The van der Waals surface area contributed by atoms with Crippen LogP contribution in [-0.2, 0) is 6.54 Å². The summed E-state index contributed by atoms with van der Waals surface area (Å²) in [5, 5.41) is 7.60. The largest absolute Gasteiger partial charge is 0.348 e. The first-order chi connectivity index (χ1) is 11.6. The number of carbonyl (C=O) groups excluding carboxylic acids is 1. The summed E-state index contributed by atoms with van der Waals surface area (Å²) in [7, 11) is 0. The molecule has 6 heteroatoms. The first kappa shape index (κ1) is 16.2. The van der Waals surface area contributed by atoms with Crippen molar-refractivity contribution in [3.05, 3.63) is 82.4 Å². The van der Waals surface area contributed by atoms with Crippen molar-refractivity contribution in [2.75, 3.05) is 0 Å². The van der Waals surface area contributed by atoms with Gasteiger partial charge >= 0.3 is 0 Å². The molecule has 0 aliphatic rings. The molecule has 0 bridgehead atoms. The molecule has 4 nitrogen and oxygen atoms in total. The number of nitrogens with one attached hydrogen (secondary N) is 1. The van der Waals surface area contributed by atoms with E-state index in [4.69, 9.17) is 11.6 Å². The van der Waals surface area contributed by atoms with Crippen LogP contribution in [-0.4, -0.2) is 15.7 Å². The fourth-order valence-corrected chi connectivity index (χ4v) is 2.50. The van der Waals surface area contributed by atoms with Gasteiger partial charge < -0.3 is 5.32 Å². The highest BCUT2D eigenvalue weighted by atomic mass is 35.5. The van der Waals surface area contributed by atoms with Gasteiger partial charge in [-0.1, -0.05) is 35.9 Å². The van der Waals surface area contributed by atoms with Gasteiger partial charge in [0, 0.05) is 11.6 Å². The fourth-order valence-electron chi connectivity index (χ4n) is 2.38. The van der Waals surface area contributed by atoms with Crippen molar-refractivity contribution in [3.8, 4) is 5.69 Å². The molecular weight excluding hydrogens is 329 g/mol. The summed E-state index contributed by atoms with van der Waals surface area (Å²) in [6.07, 6.45) is 1.44. The Hall–Kier alpha value is -2.66. The number of amides is 1. The molecule has 3 rings (SSSR count). The second-order valence-electron chi connectivity index (χ2n) is 5.32. The summed E-state index contributed by atoms with van der Waals surface area (Å²) in [5.74, 6) is -0.651. The Morgan fingerprint density at radius 1 is 1.21 bits per heavy atom. The van der Waals surface area contributed by atoms with Crippen LogP contribution in [0.2, 0.25) is 5.02 Å². The molecule has 0 fully saturated rings. The van der Waals surface area contributed by atoms with Crippen molar-refractivity contribution >= 4 is 17.5 Å². The minimum Gasteiger partial charge on any atom is -0.348 e. The molecule has 1 N–H and O–H groups in total. The Kier molecular flexibility index (Phi) is 4.62. The van der Waals surface area contributed by atoms with Crippen LogP contribution >= 0.6 is 11.6 Å². The number of carbonyl (C=O) groups is 1. The molecule has 1 amide bonds. The van der Waals surface area contributed by atoms with Gasteiger partial charge in [0.25, 0.3) is 5.91 Å². The molecule has 24 heavy (non-hydrogen) atoms. The van der Waals surface area contributed by atoms with Gasteiger partial charge in [-0.2, -0.15) is 5.10 Å². The van der Waals surface area contributed by atoms with Crippen LogP contribution in [0.1, 0.15) is 21.6 Å². The molecular formula is C18H15ClFN3O. The molecule has 0 unspecified atom stereocenters. The van der Waals surface area contributed by atoms with Gasteiger partial charge in [-0.15, -0.1) is 0 Å². The van der Waals surface area contributed by atoms with Crippen molar-refractivity contribution in [1.29, 1.82) is 0 Å². The van der Waals surface area contributed by atoms with E-state index in [1.54, 1.807) is 37.3 Å². The summed E-state index contributed by atoms with van der Waals surface area (Å²) in [5.41, 5.74) is 2.24. The van der Waals surface area contributed by atoms with Crippen molar-refractivity contribution in [2.45, 2.75) is 13.5 Å². The van der Waals surface area contributed by atoms with Gasteiger partial charge in [-0.3, -0.25) is 4.79 Å². The molecule has 0 radical (unpaired) electrons. The molecule has 0 aliphatic carbocycles. The first-order valence-corrected chi connectivity index (χ1v) is 7.76. The summed E-state index contributed by atoms with van der Waals surface area (Å²) < 4.78 is 15.3. The number of hydrogen-bond acceptors (Lipinski definition) is 2. The fraction of sp³-hybridized carbons (Fsp3) is 0.111. The molecule has 0 saturated carbocycles.